The minimum atomic E-state index is 0.544. The van der Waals surface area contributed by atoms with Crippen molar-refractivity contribution in [2.24, 2.45) is 0 Å². The van der Waals surface area contributed by atoms with Crippen molar-refractivity contribution in [2.45, 2.75) is 18.9 Å². The molecule has 0 N–H and O–H groups in total. The van der Waals surface area contributed by atoms with Gasteiger partial charge in [-0.15, -0.1) is 11.3 Å². The maximum Gasteiger partial charge on any atom is 0.140 e. The second-order valence-electron chi connectivity index (χ2n) is 3.41. The highest BCUT2D eigenvalue weighted by Gasteiger charge is 2.03. The Morgan fingerprint density at radius 2 is 2.19 bits per heavy atom. The molecule has 0 saturated carbocycles. The molecule has 0 radical (unpaired) electrons. The molecule has 2 rings (SSSR count). The molecule has 1 aromatic carbocycles. The summed E-state index contributed by atoms with van der Waals surface area (Å²) >= 11 is 5.08. The molecule has 0 aliphatic heterocycles. The fourth-order valence-corrected chi connectivity index (χ4v) is 2.51. The van der Waals surface area contributed by atoms with E-state index in [4.69, 9.17) is 4.74 Å². The summed E-state index contributed by atoms with van der Waals surface area (Å²) in [5, 5.41) is 1.87. The Balaban J connectivity index is 1.99. The highest BCUT2D eigenvalue weighted by molar-refractivity contribution is 9.08. The zero-order valence-electron chi connectivity index (χ0n) is 8.94. The molecule has 16 heavy (non-hydrogen) atoms. The lowest BCUT2D eigenvalue weighted by atomic mass is 10.2. The fraction of sp³-hybridized carbons (Fsp3) is 0.250. The molecule has 84 valence electrons. The normalized spacial score (nSPS) is 10.4. The molecule has 2 aromatic rings. The van der Waals surface area contributed by atoms with Crippen molar-refractivity contribution in [2.75, 3.05) is 0 Å². The number of hydrogen-bond acceptors (Lipinski definition) is 3. The average molecular weight is 298 g/mol. The Labute approximate surface area is 107 Å². The Kier molecular flexibility index (Phi) is 3.96. The zero-order chi connectivity index (χ0) is 11.4. The largest absolute Gasteiger partial charge is 0.486 e. The molecule has 4 heteroatoms. The summed E-state index contributed by atoms with van der Waals surface area (Å²) in [5.41, 5.74) is 1.15. The molecule has 0 aliphatic carbocycles. The number of halogens is 1. The molecule has 0 amide bonds. The van der Waals surface area contributed by atoms with E-state index in [-0.39, 0.29) is 0 Å². The molecule has 1 heterocycles. The summed E-state index contributed by atoms with van der Waals surface area (Å²) in [4.78, 5) is 5.52. The first-order chi connectivity index (χ1) is 7.79. The molecule has 0 unspecified atom stereocenters. The smallest absolute Gasteiger partial charge is 0.140 e. The van der Waals surface area contributed by atoms with Crippen LogP contribution < -0.4 is 4.74 Å². The molecule has 2 nitrogen and oxygen atoms in total. The van der Waals surface area contributed by atoms with Crippen LogP contribution in [0.25, 0.3) is 0 Å². The number of hydrogen-bond donors (Lipinski definition) is 0. The monoisotopic (exact) mass is 297 g/mol. The molecule has 0 saturated heterocycles. The maximum absolute atomic E-state index is 5.71. The van der Waals surface area contributed by atoms with Gasteiger partial charge in [0, 0.05) is 16.4 Å². The third-order valence-corrected chi connectivity index (χ3v) is 4.12. The third-order valence-electron chi connectivity index (χ3n) is 2.18. The molecular weight excluding hydrogens is 286 g/mol. The number of rotatable bonds is 4. The number of para-hydroxylation sites is 1. The summed E-state index contributed by atoms with van der Waals surface area (Å²) in [6.07, 6.45) is 1.88. The van der Waals surface area contributed by atoms with Gasteiger partial charge in [0.15, 0.2) is 0 Å². The standard InChI is InChI=1S/C12H12BrNOS/c1-9-4-2-3-5-11(9)15-8-12-14-7-10(6-13)16-12/h2-5,7H,6,8H2,1H3. The van der Waals surface area contributed by atoms with E-state index in [1.807, 2.05) is 37.4 Å². The van der Waals surface area contributed by atoms with E-state index < -0.39 is 0 Å². The molecule has 0 atom stereocenters. The summed E-state index contributed by atoms with van der Waals surface area (Å²) in [7, 11) is 0. The number of aryl methyl sites for hydroxylation is 1. The van der Waals surface area contributed by atoms with Crippen molar-refractivity contribution < 1.29 is 4.74 Å². The van der Waals surface area contributed by atoms with Crippen LogP contribution in [0.4, 0.5) is 0 Å². The van der Waals surface area contributed by atoms with Crippen LogP contribution in [0.5, 0.6) is 5.75 Å². The van der Waals surface area contributed by atoms with Crippen molar-refractivity contribution in [1.82, 2.24) is 4.98 Å². The van der Waals surface area contributed by atoms with Crippen LogP contribution in [-0.4, -0.2) is 4.98 Å². The van der Waals surface area contributed by atoms with Gasteiger partial charge in [0.05, 0.1) is 0 Å². The number of aromatic nitrogens is 1. The van der Waals surface area contributed by atoms with Crippen LogP contribution in [-0.2, 0) is 11.9 Å². The number of nitrogens with zero attached hydrogens (tertiary/aromatic N) is 1. The van der Waals surface area contributed by atoms with E-state index in [9.17, 15) is 0 Å². The van der Waals surface area contributed by atoms with Crippen molar-refractivity contribution >= 4 is 27.3 Å². The Hall–Kier alpha value is -0.870. The lowest BCUT2D eigenvalue weighted by Gasteiger charge is -2.06. The van der Waals surface area contributed by atoms with E-state index in [1.54, 1.807) is 11.3 Å². The molecule has 0 bridgehead atoms. The van der Waals surface area contributed by atoms with E-state index in [0.717, 1.165) is 21.7 Å². The summed E-state index contributed by atoms with van der Waals surface area (Å²) in [6, 6.07) is 8.01. The van der Waals surface area contributed by atoms with Gasteiger partial charge in [0.1, 0.15) is 17.4 Å². The van der Waals surface area contributed by atoms with Crippen LogP contribution in [0.2, 0.25) is 0 Å². The van der Waals surface area contributed by atoms with Gasteiger partial charge in [-0.05, 0) is 18.6 Å². The second kappa shape index (κ2) is 5.46. The highest BCUT2D eigenvalue weighted by Crippen LogP contribution is 2.20. The van der Waals surface area contributed by atoms with Gasteiger partial charge in [0.25, 0.3) is 0 Å². The first kappa shape index (κ1) is 11.6. The van der Waals surface area contributed by atoms with E-state index in [0.29, 0.717) is 6.61 Å². The molecular formula is C12H12BrNOS. The Bertz CT molecular complexity index is 470. The number of thiazole rings is 1. The first-order valence-corrected chi connectivity index (χ1v) is 6.91. The van der Waals surface area contributed by atoms with E-state index in [1.165, 1.54) is 4.88 Å². The highest BCUT2D eigenvalue weighted by atomic mass is 79.9. The van der Waals surface area contributed by atoms with E-state index >= 15 is 0 Å². The number of alkyl halides is 1. The van der Waals surface area contributed by atoms with Crippen LogP contribution in [0.3, 0.4) is 0 Å². The minimum Gasteiger partial charge on any atom is -0.486 e. The first-order valence-electron chi connectivity index (χ1n) is 4.97. The number of benzene rings is 1. The van der Waals surface area contributed by atoms with Crippen LogP contribution >= 0.6 is 27.3 Å². The van der Waals surface area contributed by atoms with Gasteiger partial charge in [-0.2, -0.15) is 0 Å². The van der Waals surface area contributed by atoms with Crippen LogP contribution in [0, 0.1) is 6.92 Å². The van der Waals surface area contributed by atoms with E-state index in [2.05, 4.69) is 20.9 Å². The minimum absolute atomic E-state index is 0.544. The molecule has 0 fully saturated rings. The summed E-state index contributed by atoms with van der Waals surface area (Å²) in [6.45, 7) is 2.59. The maximum atomic E-state index is 5.71. The predicted molar refractivity (Wildman–Crippen MR) is 70.3 cm³/mol. The summed E-state index contributed by atoms with van der Waals surface area (Å²) in [5.74, 6) is 0.929. The number of ether oxygens (including phenoxy) is 1. The van der Waals surface area contributed by atoms with Gasteiger partial charge in [-0.3, -0.25) is 0 Å². The predicted octanol–water partition coefficient (Wildman–Crippen LogP) is 3.93. The van der Waals surface area contributed by atoms with Crippen molar-refractivity contribution in [3.05, 3.63) is 45.9 Å². The Morgan fingerprint density at radius 1 is 1.38 bits per heavy atom. The average Bonchev–Trinajstić information content (AvgIpc) is 2.76. The quantitative estimate of drug-likeness (QED) is 0.798. The molecule has 1 aromatic heterocycles. The second-order valence-corrected chi connectivity index (χ2v) is 5.17. The molecule has 0 aliphatic rings. The van der Waals surface area contributed by atoms with Gasteiger partial charge in [-0.25, -0.2) is 4.98 Å². The van der Waals surface area contributed by atoms with Crippen molar-refractivity contribution in [1.29, 1.82) is 0 Å². The van der Waals surface area contributed by atoms with Gasteiger partial charge >= 0.3 is 0 Å². The Morgan fingerprint density at radius 3 is 2.88 bits per heavy atom. The SMILES string of the molecule is Cc1ccccc1OCc1ncc(CBr)s1. The van der Waals surface area contributed by atoms with Gasteiger partial charge < -0.3 is 4.74 Å². The summed E-state index contributed by atoms with van der Waals surface area (Å²) < 4.78 is 5.71. The molecule has 0 spiro atoms. The lowest BCUT2D eigenvalue weighted by molar-refractivity contribution is 0.303. The van der Waals surface area contributed by atoms with Gasteiger partial charge in [-0.1, -0.05) is 34.1 Å². The topological polar surface area (TPSA) is 22.1 Å². The zero-order valence-corrected chi connectivity index (χ0v) is 11.3. The lowest BCUT2D eigenvalue weighted by Crippen LogP contribution is -1.95. The fourth-order valence-electron chi connectivity index (χ4n) is 1.33. The van der Waals surface area contributed by atoms with Crippen molar-refractivity contribution in [3.63, 3.8) is 0 Å². The van der Waals surface area contributed by atoms with Gasteiger partial charge in [0.2, 0.25) is 0 Å². The van der Waals surface area contributed by atoms with Crippen LogP contribution in [0.15, 0.2) is 30.5 Å². The third kappa shape index (κ3) is 2.83. The van der Waals surface area contributed by atoms with Crippen LogP contribution in [0.1, 0.15) is 15.4 Å². The van der Waals surface area contributed by atoms with Crippen molar-refractivity contribution in [3.8, 4) is 5.75 Å².